The van der Waals surface area contributed by atoms with Gasteiger partial charge in [-0.3, -0.25) is 9.38 Å². The predicted molar refractivity (Wildman–Crippen MR) is 79.5 cm³/mol. The van der Waals surface area contributed by atoms with E-state index in [4.69, 9.17) is 0 Å². The highest BCUT2D eigenvalue weighted by Gasteiger charge is 2.10. The van der Waals surface area contributed by atoms with Crippen LogP contribution >= 0.6 is 0 Å². The molecule has 3 heterocycles. The molecule has 102 valence electrons. The van der Waals surface area contributed by atoms with Crippen molar-refractivity contribution in [1.29, 1.82) is 0 Å². The highest BCUT2D eigenvalue weighted by Crippen LogP contribution is 2.22. The lowest BCUT2D eigenvalue weighted by Gasteiger charge is -2.09. The Labute approximate surface area is 117 Å². The molecule has 5 nitrogen and oxygen atoms in total. The molecule has 0 aromatic carbocycles. The van der Waals surface area contributed by atoms with E-state index >= 15 is 0 Å². The van der Waals surface area contributed by atoms with Gasteiger partial charge in [-0.1, -0.05) is 13.8 Å². The predicted octanol–water partition coefficient (Wildman–Crippen LogP) is 2.86. The Morgan fingerprint density at radius 2 is 2.10 bits per heavy atom. The number of fused-ring (bicyclic) bond motifs is 1. The van der Waals surface area contributed by atoms with Crippen LogP contribution in [0, 0.1) is 5.92 Å². The maximum atomic E-state index is 4.48. The van der Waals surface area contributed by atoms with Crippen LogP contribution < -0.4 is 5.32 Å². The van der Waals surface area contributed by atoms with Crippen LogP contribution in [0.5, 0.6) is 0 Å². The number of nitrogens with one attached hydrogen (secondary N) is 1. The lowest BCUT2D eigenvalue weighted by Crippen LogP contribution is -2.10. The Morgan fingerprint density at radius 3 is 2.85 bits per heavy atom. The summed E-state index contributed by atoms with van der Waals surface area (Å²) in [5.74, 6) is 1.38. The van der Waals surface area contributed by atoms with Crippen molar-refractivity contribution in [1.82, 2.24) is 19.4 Å². The molecule has 0 atom stereocenters. The van der Waals surface area contributed by atoms with E-state index in [1.807, 2.05) is 35.1 Å². The van der Waals surface area contributed by atoms with E-state index in [1.165, 1.54) is 0 Å². The van der Waals surface area contributed by atoms with Crippen LogP contribution in [0.4, 0.5) is 5.82 Å². The Balaban J connectivity index is 2.03. The van der Waals surface area contributed by atoms with Crippen LogP contribution in [0.3, 0.4) is 0 Å². The second-order valence-corrected chi connectivity index (χ2v) is 5.13. The van der Waals surface area contributed by atoms with Crippen molar-refractivity contribution in [2.75, 3.05) is 11.9 Å². The van der Waals surface area contributed by atoms with Gasteiger partial charge in [-0.15, -0.1) is 0 Å². The minimum Gasteiger partial charge on any atom is -0.367 e. The maximum Gasteiger partial charge on any atom is 0.180 e. The molecule has 0 aliphatic rings. The van der Waals surface area contributed by atoms with Crippen molar-refractivity contribution in [3.8, 4) is 11.3 Å². The molecule has 0 aliphatic heterocycles. The summed E-state index contributed by atoms with van der Waals surface area (Å²) in [6.07, 6.45) is 9.17. The molecule has 0 aliphatic carbocycles. The van der Waals surface area contributed by atoms with Gasteiger partial charge in [0, 0.05) is 36.9 Å². The standard InChI is InChI=1S/C15H17N5/c1-11(2)8-18-14-15-19-10-13(20(15)7-6-17-14)12-4-3-5-16-9-12/h3-7,9-11H,8H2,1-2H3,(H,17,18). The lowest BCUT2D eigenvalue weighted by molar-refractivity contribution is 0.687. The van der Waals surface area contributed by atoms with E-state index in [1.54, 1.807) is 12.4 Å². The third-order valence-corrected chi connectivity index (χ3v) is 3.06. The zero-order chi connectivity index (χ0) is 13.9. The van der Waals surface area contributed by atoms with Gasteiger partial charge in [-0.2, -0.15) is 0 Å². The number of pyridine rings is 1. The summed E-state index contributed by atoms with van der Waals surface area (Å²) >= 11 is 0. The van der Waals surface area contributed by atoms with Crippen LogP contribution in [-0.2, 0) is 0 Å². The van der Waals surface area contributed by atoms with Gasteiger partial charge in [0.1, 0.15) is 0 Å². The minimum absolute atomic E-state index is 0.560. The summed E-state index contributed by atoms with van der Waals surface area (Å²) in [6.45, 7) is 5.21. The lowest BCUT2D eigenvalue weighted by atomic mass is 10.2. The van der Waals surface area contributed by atoms with Crippen molar-refractivity contribution in [2.24, 2.45) is 5.92 Å². The van der Waals surface area contributed by atoms with Crippen molar-refractivity contribution < 1.29 is 0 Å². The number of imidazole rings is 1. The van der Waals surface area contributed by atoms with Crippen LogP contribution in [0.15, 0.2) is 43.1 Å². The van der Waals surface area contributed by atoms with Gasteiger partial charge in [0.05, 0.1) is 11.9 Å². The first-order valence-electron chi connectivity index (χ1n) is 6.72. The summed E-state index contributed by atoms with van der Waals surface area (Å²) in [4.78, 5) is 13.0. The zero-order valence-corrected chi connectivity index (χ0v) is 11.6. The Kier molecular flexibility index (Phi) is 3.33. The number of hydrogen-bond donors (Lipinski definition) is 1. The highest BCUT2D eigenvalue weighted by atomic mass is 15.1. The highest BCUT2D eigenvalue weighted by molar-refractivity contribution is 5.70. The molecular weight excluding hydrogens is 250 g/mol. The van der Waals surface area contributed by atoms with E-state index in [0.717, 1.165) is 29.3 Å². The van der Waals surface area contributed by atoms with Crippen LogP contribution in [0.1, 0.15) is 13.8 Å². The van der Waals surface area contributed by atoms with Crippen molar-refractivity contribution in [2.45, 2.75) is 13.8 Å². The molecule has 0 amide bonds. The average molecular weight is 267 g/mol. The van der Waals surface area contributed by atoms with Gasteiger partial charge in [-0.05, 0) is 18.1 Å². The Bertz CT molecular complexity index is 703. The molecule has 0 saturated carbocycles. The first-order chi connectivity index (χ1) is 9.75. The number of aromatic nitrogens is 4. The monoisotopic (exact) mass is 267 g/mol. The van der Waals surface area contributed by atoms with E-state index in [0.29, 0.717) is 5.92 Å². The second kappa shape index (κ2) is 5.28. The quantitative estimate of drug-likeness (QED) is 0.789. The van der Waals surface area contributed by atoms with E-state index in [-0.39, 0.29) is 0 Å². The first-order valence-corrected chi connectivity index (χ1v) is 6.72. The SMILES string of the molecule is CC(C)CNc1nccn2c(-c3cccnc3)cnc12. The number of anilines is 1. The van der Waals surface area contributed by atoms with Crippen molar-refractivity contribution >= 4 is 11.5 Å². The number of hydrogen-bond acceptors (Lipinski definition) is 4. The number of nitrogens with zero attached hydrogens (tertiary/aromatic N) is 4. The smallest absolute Gasteiger partial charge is 0.180 e. The van der Waals surface area contributed by atoms with Gasteiger partial charge in [0.25, 0.3) is 0 Å². The van der Waals surface area contributed by atoms with Gasteiger partial charge in [0.2, 0.25) is 0 Å². The number of rotatable bonds is 4. The molecule has 3 aromatic rings. The van der Waals surface area contributed by atoms with Crippen LogP contribution in [0.25, 0.3) is 16.9 Å². The van der Waals surface area contributed by atoms with Crippen LogP contribution in [0.2, 0.25) is 0 Å². The third-order valence-electron chi connectivity index (χ3n) is 3.06. The van der Waals surface area contributed by atoms with Crippen molar-refractivity contribution in [3.63, 3.8) is 0 Å². The van der Waals surface area contributed by atoms with E-state index in [9.17, 15) is 0 Å². The van der Waals surface area contributed by atoms with E-state index < -0.39 is 0 Å². The zero-order valence-electron chi connectivity index (χ0n) is 11.6. The Morgan fingerprint density at radius 1 is 1.20 bits per heavy atom. The van der Waals surface area contributed by atoms with Gasteiger partial charge < -0.3 is 5.32 Å². The average Bonchev–Trinajstić information content (AvgIpc) is 2.90. The van der Waals surface area contributed by atoms with Crippen LogP contribution in [-0.4, -0.2) is 25.9 Å². The molecule has 3 aromatic heterocycles. The summed E-state index contributed by atoms with van der Waals surface area (Å²) in [5, 5.41) is 3.34. The fraction of sp³-hybridized carbons (Fsp3) is 0.267. The molecule has 1 N–H and O–H groups in total. The molecule has 0 spiro atoms. The molecule has 0 radical (unpaired) electrons. The summed E-state index contributed by atoms with van der Waals surface area (Å²) < 4.78 is 2.03. The first kappa shape index (κ1) is 12.6. The fourth-order valence-electron chi connectivity index (χ4n) is 2.07. The van der Waals surface area contributed by atoms with Gasteiger partial charge in [0.15, 0.2) is 11.5 Å². The van der Waals surface area contributed by atoms with Crippen molar-refractivity contribution in [3.05, 3.63) is 43.1 Å². The molecule has 20 heavy (non-hydrogen) atoms. The van der Waals surface area contributed by atoms with Gasteiger partial charge in [-0.25, -0.2) is 9.97 Å². The van der Waals surface area contributed by atoms with Gasteiger partial charge >= 0.3 is 0 Å². The molecular formula is C15H17N5. The molecule has 5 heteroatoms. The largest absolute Gasteiger partial charge is 0.367 e. The summed E-state index contributed by atoms with van der Waals surface area (Å²) in [6, 6.07) is 3.95. The fourth-order valence-corrected chi connectivity index (χ4v) is 2.07. The molecule has 3 rings (SSSR count). The normalized spacial score (nSPS) is 11.2. The second-order valence-electron chi connectivity index (χ2n) is 5.13. The summed E-state index contributed by atoms with van der Waals surface area (Å²) in [5.41, 5.74) is 2.90. The molecule has 0 saturated heterocycles. The molecule has 0 fully saturated rings. The minimum atomic E-state index is 0.560. The topological polar surface area (TPSA) is 55.1 Å². The molecule has 0 bridgehead atoms. The Hall–Kier alpha value is -2.43. The molecule has 0 unspecified atom stereocenters. The summed E-state index contributed by atoms with van der Waals surface area (Å²) in [7, 11) is 0. The third kappa shape index (κ3) is 2.34. The van der Waals surface area contributed by atoms with E-state index in [2.05, 4.69) is 34.1 Å². The maximum absolute atomic E-state index is 4.48.